The Bertz CT molecular complexity index is 606. The van der Waals surface area contributed by atoms with Gasteiger partial charge >= 0.3 is 0 Å². The van der Waals surface area contributed by atoms with Crippen molar-refractivity contribution in [2.45, 2.75) is 10.6 Å². The van der Waals surface area contributed by atoms with E-state index < -0.39 is 9.84 Å². The lowest BCUT2D eigenvalue weighted by Crippen LogP contribution is -2.33. The first-order valence-electron chi connectivity index (χ1n) is 5.31. The number of aryl methyl sites for hydroxylation is 1. The minimum Gasteiger partial charge on any atom is -0.223 e. The lowest BCUT2D eigenvalue weighted by atomic mass is 10.4. The fourth-order valence-corrected chi connectivity index (χ4v) is 3.04. The molecule has 1 aromatic heterocycles. The average Bonchev–Trinajstić information content (AvgIpc) is 2.33. The molecule has 17 heavy (non-hydrogen) atoms. The van der Waals surface area contributed by atoms with Crippen LogP contribution in [0.3, 0.4) is 0 Å². The summed E-state index contributed by atoms with van der Waals surface area (Å²) < 4.78 is 26.1. The van der Waals surface area contributed by atoms with Crippen molar-refractivity contribution in [2.75, 3.05) is 0 Å². The van der Waals surface area contributed by atoms with Gasteiger partial charge in [-0.05, 0) is 12.1 Å². The highest BCUT2D eigenvalue weighted by Gasteiger charge is 2.19. The Morgan fingerprint density at radius 2 is 1.65 bits per heavy atom. The number of sulfone groups is 1. The van der Waals surface area contributed by atoms with E-state index in [4.69, 9.17) is 0 Å². The maximum absolute atomic E-state index is 12.1. The molecule has 0 saturated carbocycles. The summed E-state index contributed by atoms with van der Waals surface area (Å²) in [4.78, 5) is 0.365. The van der Waals surface area contributed by atoms with Gasteiger partial charge in [0.1, 0.15) is 12.8 Å². The van der Waals surface area contributed by atoms with Crippen LogP contribution in [0.25, 0.3) is 0 Å². The highest BCUT2D eigenvalue weighted by atomic mass is 32.2. The molecule has 2 rings (SSSR count). The maximum Gasteiger partial charge on any atom is 0.196 e. The summed E-state index contributed by atoms with van der Waals surface area (Å²) in [5.41, 5.74) is 0.774. The van der Waals surface area contributed by atoms with Gasteiger partial charge in [0.25, 0.3) is 0 Å². The fraction of sp³-hybridized carbons (Fsp3) is 0.154. The second-order valence-corrected chi connectivity index (χ2v) is 5.86. The Labute approximate surface area is 101 Å². The lowest BCUT2D eigenvalue weighted by molar-refractivity contribution is -0.678. The van der Waals surface area contributed by atoms with Crippen LogP contribution in [0.5, 0.6) is 0 Å². The van der Waals surface area contributed by atoms with Crippen molar-refractivity contribution in [3.8, 4) is 0 Å². The molecule has 0 saturated heterocycles. The molecule has 0 amide bonds. The highest BCUT2D eigenvalue weighted by molar-refractivity contribution is 7.90. The van der Waals surface area contributed by atoms with E-state index in [-0.39, 0.29) is 5.75 Å². The first-order chi connectivity index (χ1) is 8.09. The summed E-state index contributed by atoms with van der Waals surface area (Å²) in [5, 5.41) is 0. The number of benzene rings is 1. The molecule has 0 atom stereocenters. The molecule has 0 unspecified atom stereocenters. The number of hydrogen-bond donors (Lipinski definition) is 0. The Kier molecular flexibility index (Phi) is 3.24. The van der Waals surface area contributed by atoms with Gasteiger partial charge in [0.15, 0.2) is 21.7 Å². The second-order valence-electron chi connectivity index (χ2n) is 3.88. The van der Waals surface area contributed by atoms with Crippen molar-refractivity contribution in [3.63, 3.8) is 0 Å². The van der Waals surface area contributed by atoms with Crippen molar-refractivity contribution in [2.24, 2.45) is 7.05 Å². The minimum atomic E-state index is -3.26. The number of hydrogen-bond acceptors (Lipinski definition) is 2. The van der Waals surface area contributed by atoms with Gasteiger partial charge in [-0.25, -0.2) is 13.0 Å². The summed E-state index contributed by atoms with van der Waals surface area (Å²) in [5.74, 6) is 0.0222. The number of nitrogens with zero attached hydrogens (tertiary/aromatic N) is 1. The first-order valence-corrected chi connectivity index (χ1v) is 6.96. The topological polar surface area (TPSA) is 38.0 Å². The predicted octanol–water partition coefficient (Wildman–Crippen LogP) is 1.49. The normalized spacial score (nSPS) is 11.4. The van der Waals surface area contributed by atoms with E-state index in [2.05, 4.69) is 0 Å². The molecule has 4 heteroatoms. The van der Waals surface area contributed by atoms with Crippen LogP contribution in [0.1, 0.15) is 5.69 Å². The number of pyridine rings is 1. The molecule has 0 aliphatic carbocycles. The van der Waals surface area contributed by atoms with Gasteiger partial charge in [0.05, 0.1) is 4.90 Å². The molecule has 2 aromatic rings. The van der Waals surface area contributed by atoms with E-state index in [0.29, 0.717) is 4.90 Å². The molecule has 0 bridgehead atoms. The molecule has 0 fully saturated rings. The SMILES string of the molecule is C[n+]1ccccc1CS(=O)(=O)c1ccccc1. The van der Waals surface area contributed by atoms with Crippen LogP contribution in [0.2, 0.25) is 0 Å². The molecule has 3 nitrogen and oxygen atoms in total. The fourth-order valence-electron chi connectivity index (χ4n) is 1.61. The Morgan fingerprint density at radius 3 is 2.29 bits per heavy atom. The first kappa shape index (κ1) is 11.8. The Balaban J connectivity index is 2.34. The van der Waals surface area contributed by atoms with Gasteiger partial charge in [-0.1, -0.05) is 24.3 Å². The smallest absolute Gasteiger partial charge is 0.196 e. The van der Waals surface area contributed by atoms with E-state index in [1.165, 1.54) is 0 Å². The second kappa shape index (κ2) is 4.67. The number of rotatable bonds is 3. The molecule has 0 aliphatic rings. The molecule has 1 aromatic carbocycles. The maximum atomic E-state index is 12.1. The van der Waals surface area contributed by atoms with E-state index >= 15 is 0 Å². The third-order valence-electron chi connectivity index (χ3n) is 2.60. The zero-order valence-electron chi connectivity index (χ0n) is 9.58. The van der Waals surface area contributed by atoms with Gasteiger partial charge < -0.3 is 0 Å². The molecule has 0 radical (unpaired) electrons. The molecular formula is C13H14NO2S+. The summed E-state index contributed by atoms with van der Waals surface area (Å²) in [6.45, 7) is 0. The number of aromatic nitrogens is 1. The van der Waals surface area contributed by atoms with Gasteiger partial charge in [0.2, 0.25) is 0 Å². The molecular weight excluding hydrogens is 234 g/mol. The minimum absolute atomic E-state index is 0.0222. The molecule has 1 heterocycles. The van der Waals surface area contributed by atoms with Crippen LogP contribution in [0.15, 0.2) is 59.6 Å². The standard InChI is InChI=1S/C13H14NO2S/c1-14-10-6-5-7-12(14)11-17(15,16)13-8-3-2-4-9-13/h2-10H,11H2,1H3/q+1. The van der Waals surface area contributed by atoms with Crippen LogP contribution in [-0.4, -0.2) is 8.42 Å². The van der Waals surface area contributed by atoms with Crippen molar-refractivity contribution in [3.05, 3.63) is 60.4 Å². The zero-order chi connectivity index (χ0) is 12.3. The van der Waals surface area contributed by atoms with Crippen LogP contribution >= 0.6 is 0 Å². The van der Waals surface area contributed by atoms with Crippen LogP contribution < -0.4 is 4.57 Å². The largest absolute Gasteiger partial charge is 0.223 e. The third kappa shape index (κ3) is 2.71. The van der Waals surface area contributed by atoms with E-state index in [0.717, 1.165) is 5.69 Å². The summed E-state index contributed by atoms with van der Waals surface area (Å²) >= 11 is 0. The summed E-state index contributed by atoms with van der Waals surface area (Å²) in [6, 6.07) is 14.1. The molecule has 0 aliphatic heterocycles. The lowest BCUT2D eigenvalue weighted by Gasteiger charge is -2.02. The summed E-state index contributed by atoms with van der Waals surface area (Å²) in [6.07, 6.45) is 1.84. The predicted molar refractivity (Wildman–Crippen MR) is 64.9 cm³/mol. The van der Waals surface area contributed by atoms with E-state index in [1.807, 2.05) is 42.1 Å². The molecule has 0 N–H and O–H groups in total. The summed E-state index contributed by atoms with van der Waals surface area (Å²) in [7, 11) is -1.41. The van der Waals surface area contributed by atoms with E-state index in [1.54, 1.807) is 24.3 Å². The molecule has 0 spiro atoms. The Morgan fingerprint density at radius 1 is 1.00 bits per heavy atom. The monoisotopic (exact) mass is 248 g/mol. The van der Waals surface area contributed by atoms with Gasteiger partial charge in [-0.15, -0.1) is 0 Å². The quantitative estimate of drug-likeness (QED) is 0.772. The Hall–Kier alpha value is -1.68. The average molecular weight is 248 g/mol. The van der Waals surface area contributed by atoms with Crippen molar-refractivity contribution < 1.29 is 13.0 Å². The van der Waals surface area contributed by atoms with Crippen LogP contribution in [0, 0.1) is 0 Å². The highest BCUT2D eigenvalue weighted by Crippen LogP contribution is 2.13. The molecule has 88 valence electrons. The van der Waals surface area contributed by atoms with Crippen molar-refractivity contribution >= 4 is 9.84 Å². The van der Waals surface area contributed by atoms with Crippen molar-refractivity contribution in [1.82, 2.24) is 0 Å². The van der Waals surface area contributed by atoms with Crippen LogP contribution in [-0.2, 0) is 22.6 Å². The van der Waals surface area contributed by atoms with Gasteiger partial charge in [-0.2, -0.15) is 0 Å². The van der Waals surface area contributed by atoms with Crippen molar-refractivity contribution in [1.29, 1.82) is 0 Å². The third-order valence-corrected chi connectivity index (χ3v) is 4.27. The zero-order valence-corrected chi connectivity index (χ0v) is 10.4. The van der Waals surface area contributed by atoms with Gasteiger partial charge in [0, 0.05) is 12.1 Å². The van der Waals surface area contributed by atoms with Crippen LogP contribution in [0.4, 0.5) is 0 Å². The van der Waals surface area contributed by atoms with Gasteiger partial charge in [-0.3, -0.25) is 0 Å². The van der Waals surface area contributed by atoms with E-state index in [9.17, 15) is 8.42 Å².